The second-order valence-electron chi connectivity index (χ2n) is 5.40. The quantitative estimate of drug-likeness (QED) is 0.628. The highest BCUT2D eigenvalue weighted by atomic mass is 16.4. The molecule has 0 radical (unpaired) electrons. The first-order valence-electron chi connectivity index (χ1n) is 7.43. The van der Waals surface area contributed by atoms with Crippen LogP contribution in [0.15, 0.2) is 71.3 Å². The van der Waals surface area contributed by atoms with Crippen LogP contribution in [0.2, 0.25) is 0 Å². The van der Waals surface area contributed by atoms with Gasteiger partial charge in [-0.1, -0.05) is 41.6 Å². The van der Waals surface area contributed by atoms with Crippen LogP contribution >= 0.6 is 0 Å². The summed E-state index contributed by atoms with van der Waals surface area (Å²) in [7, 11) is 0. The number of nitrogens with zero attached hydrogens (tertiary/aromatic N) is 3. The molecule has 0 fully saturated rings. The molecule has 0 spiro atoms. The zero-order valence-electron chi connectivity index (χ0n) is 12.3. The molecule has 5 heteroatoms. The third kappa shape index (κ3) is 2.74. The molecule has 0 aliphatic carbocycles. The van der Waals surface area contributed by atoms with E-state index in [0.717, 1.165) is 16.7 Å². The van der Waals surface area contributed by atoms with E-state index < -0.39 is 6.10 Å². The summed E-state index contributed by atoms with van der Waals surface area (Å²) in [6.07, 6.45) is 1.43. The molecule has 0 saturated heterocycles. The average molecular weight is 305 g/mol. The van der Waals surface area contributed by atoms with Crippen LogP contribution in [0.25, 0.3) is 16.7 Å². The van der Waals surface area contributed by atoms with Crippen molar-refractivity contribution in [2.75, 3.05) is 0 Å². The van der Waals surface area contributed by atoms with Crippen molar-refractivity contribution in [1.82, 2.24) is 15.0 Å². The van der Waals surface area contributed by atoms with Crippen LogP contribution < -0.4 is 0 Å². The van der Waals surface area contributed by atoms with Crippen molar-refractivity contribution in [3.05, 3.63) is 78.3 Å². The molecule has 2 aromatic carbocycles. The summed E-state index contributed by atoms with van der Waals surface area (Å²) in [6, 6.07) is 19.3. The van der Waals surface area contributed by atoms with Crippen LogP contribution in [0.4, 0.5) is 0 Å². The topological polar surface area (TPSA) is 64.1 Å². The second kappa shape index (κ2) is 5.70. The SMILES string of the molecule is OC(Cc1cn(-c2ccccc2)nn1)c1cc2ccccc2o1. The number of para-hydroxylation sites is 2. The molecule has 4 rings (SSSR count). The minimum atomic E-state index is -0.747. The monoisotopic (exact) mass is 305 g/mol. The number of hydrogen-bond donors (Lipinski definition) is 1. The molecule has 0 aliphatic heterocycles. The minimum Gasteiger partial charge on any atom is -0.458 e. The summed E-state index contributed by atoms with van der Waals surface area (Å²) in [5.74, 6) is 0.542. The molecule has 1 unspecified atom stereocenters. The lowest BCUT2D eigenvalue weighted by atomic mass is 10.1. The van der Waals surface area contributed by atoms with E-state index in [0.29, 0.717) is 17.9 Å². The summed E-state index contributed by atoms with van der Waals surface area (Å²) in [5.41, 5.74) is 2.42. The first-order chi connectivity index (χ1) is 11.3. The molecule has 114 valence electrons. The predicted octanol–water partition coefficient (Wildman–Crippen LogP) is 3.29. The van der Waals surface area contributed by atoms with Crippen molar-refractivity contribution in [3.63, 3.8) is 0 Å². The van der Waals surface area contributed by atoms with Crippen LogP contribution in [0.3, 0.4) is 0 Å². The van der Waals surface area contributed by atoms with Crippen molar-refractivity contribution in [2.45, 2.75) is 12.5 Å². The van der Waals surface area contributed by atoms with Crippen molar-refractivity contribution in [1.29, 1.82) is 0 Å². The molecule has 4 aromatic rings. The number of rotatable bonds is 4. The molecule has 2 heterocycles. The summed E-state index contributed by atoms with van der Waals surface area (Å²) >= 11 is 0. The number of aromatic nitrogens is 3. The second-order valence-corrected chi connectivity index (χ2v) is 5.40. The lowest BCUT2D eigenvalue weighted by Gasteiger charge is -2.04. The molecule has 0 saturated carbocycles. The first kappa shape index (κ1) is 13.7. The Balaban J connectivity index is 1.54. The van der Waals surface area contributed by atoms with Crippen molar-refractivity contribution >= 4 is 11.0 Å². The van der Waals surface area contributed by atoms with Crippen molar-refractivity contribution in [3.8, 4) is 5.69 Å². The maximum Gasteiger partial charge on any atom is 0.134 e. The summed E-state index contributed by atoms with van der Waals surface area (Å²) in [4.78, 5) is 0. The van der Waals surface area contributed by atoms with Gasteiger partial charge in [0.05, 0.1) is 17.6 Å². The Morgan fingerprint density at radius 1 is 1.04 bits per heavy atom. The Morgan fingerprint density at radius 2 is 1.83 bits per heavy atom. The fourth-order valence-electron chi connectivity index (χ4n) is 2.56. The molecule has 5 nitrogen and oxygen atoms in total. The van der Waals surface area contributed by atoms with E-state index in [1.165, 1.54) is 0 Å². The molecule has 0 amide bonds. The Labute approximate surface area is 132 Å². The van der Waals surface area contributed by atoms with E-state index >= 15 is 0 Å². The lowest BCUT2D eigenvalue weighted by Crippen LogP contribution is -2.00. The normalized spacial score (nSPS) is 12.6. The van der Waals surface area contributed by atoms with Gasteiger partial charge in [0, 0.05) is 11.8 Å². The number of aliphatic hydroxyl groups excluding tert-OH is 1. The number of fused-ring (bicyclic) bond motifs is 1. The van der Waals surface area contributed by atoms with E-state index in [1.807, 2.05) is 66.9 Å². The lowest BCUT2D eigenvalue weighted by molar-refractivity contribution is 0.151. The molecule has 0 aliphatic rings. The van der Waals surface area contributed by atoms with E-state index in [9.17, 15) is 5.11 Å². The van der Waals surface area contributed by atoms with Gasteiger partial charge in [0.25, 0.3) is 0 Å². The van der Waals surface area contributed by atoms with Gasteiger partial charge in [0.15, 0.2) is 0 Å². The Hall–Kier alpha value is -2.92. The molecule has 1 atom stereocenters. The fourth-order valence-corrected chi connectivity index (χ4v) is 2.56. The maximum absolute atomic E-state index is 10.4. The Bertz CT molecular complexity index is 895. The van der Waals surface area contributed by atoms with Gasteiger partial charge in [0.2, 0.25) is 0 Å². The highest BCUT2D eigenvalue weighted by molar-refractivity contribution is 5.77. The molecule has 0 bridgehead atoms. The standard InChI is InChI=1S/C18H15N3O2/c22-16(18-10-13-6-4-5-9-17(13)23-18)11-14-12-21(20-19-14)15-7-2-1-3-8-15/h1-10,12,16,22H,11H2. The number of benzene rings is 2. The zero-order chi connectivity index (χ0) is 15.6. The van der Waals surface area contributed by atoms with Crippen molar-refractivity contribution < 1.29 is 9.52 Å². The molecular formula is C18H15N3O2. The number of furan rings is 1. The highest BCUT2D eigenvalue weighted by Crippen LogP contribution is 2.25. The van der Waals surface area contributed by atoms with Crippen LogP contribution in [-0.2, 0) is 6.42 Å². The zero-order valence-corrected chi connectivity index (χ0v) is 12.3. The smallest absolute Gasteiger partial charge is 0.134 e. The maximum atomic E-state index is 10.4. The first-order valence-corrected chi connectivity index (χ1v) is 7.43. The van der Waals surface area contributed by atoms with E-state index in [4.69, 9.17) is 4.42 Å². The molecular weight excluding hydrogens is 290 g/mol. The van der Waals surface area contributed by atoms with Crippen LogP contribution in [0.5, 0.6) is 0 Å². The van der Waals surface area contributed by atoms with E-state index in [-0.39, 0.29) is 0 Å². The van der Waals surface area contributed by atoms with E-state index in [1.54, 1.807) is 4.68 Å². The molecule has 2 aromatic heterocycles. The van der Waals surface area contributed by atoms with Gasteiger partial charge in [-0.15, -0.1) is 5.10 Å². The minimum absolute atomic E-state index is 0.354. The average Bonchev–Trinajstić information content (AvgIpc) is 3.22. The Kier molecular flexibility index (Phi) is 3.40. The fraction of sp³-hybridized carbons (Fsp3) is 0.111. The van der Waals surface area contributed by atoms with Crippen LogP contribution in [-0.4, -0.2) is 20.1 Å². The highest BCUT2D eigenvalue weighted by Gasteiger charge is 2.16. The largest absolute Gasteiger partial charge is 0.458 e. The number of hydrogen-bond acceptors (Lipinski definition) is 4. The molecule has 1 N–H and O–H groups in total. The van der Waals surface area contributed by atoms with Gasteiger partial charge in [-0.2, -0.15) is 0 Å². The van der Waals surface area contributed by atoms with Crippen LogP contribution in [0.1, 0.15) is 17.6 Å². The third-order valence-corrected chi connectivity index (χ3v) is 3.74. The molecule has 23 heavy (non-hydrogen) atoms. The van der Waals surface area contributed by atoms with Gasteiger partial charge in [-0.05, 0) is 24.3 Å². The van der Waals surface area contributed by atoms with Gasteiger partial charge < -0.3 is 9.52 Å². The summed E-state index contributed by atoms with van der Waals surface area (Å²) in [5, 5.41) is 19.6. The summed E-state index contributed by atoms with van der Waals surface area (Å²) < 4.78 is 7.38. The van der Waals surface area contributed by atoms with Crippen molar-refractivity contribution in [2.24, 2.45) is 0 Å². The predicted molar refractivity (Wildman–Crippen MR) is 86.2 cm³/mol. The Morgan fingerprint density at radius 3 is 2.65 bits per heavy atom. The van der Waals surface area contributed by atoms with Gasteiger partial charge in [-0.3, -0.25) is 0 Å². The van der Waals surface area contributed by atoms with E-state index in [2.05, 4.69) is 10.3 Å². The number of aliphatic hydroxyl groups is 1. The van der Waals surface area contributed by atoms with Gasteiger partial charge in [0.1, 0.15) is 17.4 Å². The van der Waals surface area contributed by atoms with Gasteiger partial charge >= 0.3 is 0 Å². The summed E-state index contributed by atoms with van der Waals surface area (Å²) in [6.45, 7) is 0. The van der Waals surface area contributed by atoms with Crippen LogP contribution in [0, 0.1) is 0 Å². The van der Waals surface area contributed by atoms with Gasteiger partial charge in [-0.25, -0.2) is 4.68 Å². The third-order valence-electron chi connectivity index (χ3n) is 3.74.